The molecule has 0 atom stereocenters. The highest BCUT2D eigenvalue weighted by Gasteiger charge is 2.14. The van der Waals surface area contributed by atoms with E-state index in [4.69, 9.17) is 4.74 Å². The number of aromatic nitrogens is 4. The summed E-state index contributed by atoms with van der Waals surface area (Å²) in [5.74, 6) is 0.675. The van der Waals surface area contributed by atoms with Crippen molar-refractivity contribution in [2.75, 3.05) is 36.5 Å². The lowest BCUT2D eigenvalue weighted by atomic mass is 10.2. The summed E-state index contributed by atoms with van der Waals surface area (Å²) in [4.78, 5) is 11.4. The van der Waals surface area contributed by atoms with Gasteiger partial charge in [-0.1, -0.05) is 0 Å². The minimum atomic E-state index is 0.628. The van der Waals surface area contributed by atoms with Gasteiger partial charge in [-0.2, -0.15) is 4.73 Å². The fourth-order valence-corrected chi connectivity index (χ4v) is 3.70. The summed E-state index contributed by atoms with van der Waals surface area (Å²) in [7, 11) is 0. The molecule has 4 aromatic rings. The van der Waals surface area contributed by atoms with Crippen LogP contribution in [0.2, 0.25) is 0 Å². The molecule has 1 aliphatic rings. The van der Waals surface area contributed by atoms with Crippen LogP contribution in [0.1, 0.15) is 5.69 Å². The molecule has 1 aromatic carbocycles. The van der Waals surface area contributed by atoms with E-state index in [0.29, 0.717) is 11.5 Å². The van der Waals surface area contributed by atoms with Crippen LogP contribution in [0, 0.1) is 12.1 Å². The standard InChI is InChI=1S/C22H22N6O2/c1-16-14-17(6-8-28(16)29)20-15-24-21(22-23-7-9-27(20)22)25-18-2-4-19(5-3-18)26-10-12-30-13-11-26/h2-9,14-15H,10-13H2,1H3,(H,24,25). The van der Waals surface area contributed by atoms with Crippen LogP contribution in [0.25, 0.3) is 16.9 Å². The molecule has 8 heteroatoms. The molecule has 0 aliphatic carbocycles. The van der Waals surface area contributed by atoms with Gasteiger partial charge in [0.05, 0.1) is 25.1 Å². The lowest BCUT2D eigenvalue weighted by Gasteiger charge is -2.28. The number of benzene rings is 1. The van der Waals surface area contributed by atoms with Crippen molar-refractivity contribution in [3.8, 4) is 11.3 Å². The van der Waals surface area contributed by atoms with Crippen LogP contribution < -0.4 is 14.9 Å². The van der Waals surface area contributed by atoms with E-state index in [1.807, 2.05) is 28.8 Å². The fraction of sp³-hybridized carbons (Fsp3) is 0.227. The van der Waals surface area contributed by atoms with E-state index < -0.39 is 0 Å². The minimum absolute atomic E-state index is 0.628. The predicted octanol–water partition coefficient (Wildman–Crippen LogP) is 2.92. The molecule has 3 aromatic heterocycles. The molecule has 5 rings (SSSR count). The van der Waals surface area contributed by atoms with E-state index in [1.54, 1.807) is 25.4 Å². The average molecular weight is 402 g/mol. The molecule has 0 unspecified atom stereocenters. The van der Waals surface area contributed by atoms with Crippen molar-refractivity contribution in [2.24, 2.45) is 0 Å². The molecule has 1 fully saturated rings. The van der Waals surface area contributed by atoms with Crippen LogP contribution in [0.5, 0.6) is 0 Å². The third-order valence-electron chi connectivity index (χ3n) is 5.33. The van der Waals surface area contributed by atoms with Gasteiger partial charge < -0.3 is 20.2 Å². The normalized spacial score (nSPS) is 14.2. The number of fused-ring (bicyclic) bond motifs is 1. The molecule has 152 valence electrons. The van der Waals surface area contributed by atoms with E-state index in [-0.39, 0.29) is 0 Å². The van der Waals surface area contributed by atoms with Crippen molar-refractivity contribution in [1.29, 1.82) is 0 Å². The zero-order valence-corrected chi connectivity index (χ0v) is 16.7. The molecule has 0 bridgehead atoms. The Labute approximate surface area is 174 Å². The second kappa shape index (κ2) is 7.64. The Balaban J connectivity index is 1.43. The molecule has 4 heterocycles. The zero-order valence-electron chi connectivity index (χ0n) is 16.7. The number of morpholine rings is 1. The van der Waals surface area contributed by atoms with Gasteiger partial charge in [0.2, 0.25) is 0 Å². The van der Waals surface area contributed by atoms with Gasteiger partial charge in [-0.05, 0) is 24.3 Å². The molecule has 0 saturated carbocycles. The van der Waals surface area contributed by atoms with Crippen LogP contribution in [-0.2, 0) is 4.74 Å². The molecule has 1 N–H and O–H groups in total. The van der Waals surface area contributed by atoms with Crippen LogP contribution in [-0.4, -0.2) is 40.7 Å². The van der Waals surface area contributed by atoms with Gasteiger partial charge in [0, 0.05) is 61.5 Å². The molecular weight excluding hydrogens is 380 g/mol. The quantitative estimate of drug-likeness (QED) is 0.418. The number of pyridine rings is 1. The van der Waals surface area contributed by atoms with Crippen LogP contribution in [0.15, 0.2) is 61.2 Å². The minimum Gasteiger partial charge on any atom is -0.619 e. The molecule has 8 nitrogen and oxygen atoms in total. The predicted molar refractivity (Wildman–Crippen MR) is 115 cm³/mol. The number of ether oxygens (including phenoxy) is 1. The van der Waals surface area contributed by atoms with E-state index in [9.17, 15) is 5.21 Å². The Bertz CT molecular complexity index is 1180. The Morgan fingerprint density at radius 2 is 1.90 bits per heavy atom. The smallest absolute Gasteiger partial charge is 0.190 e. The van der Waals surface area contributed by atoms with Crippen molar-refractivity contribution >= 4 is 22.8 Å². The number of imidazole rings is 1. The van der Waals surface area contributed by atoms with Gasteiger partial charge in [-0.3, -0.25) is 4.40 Å². The Kier molecular flexibility index (Phi) is 4.68. The third kappa shape index (κ3) is 3.42. The molecule has 0 amide bonds. The summed E-state index contributed by atoms with van der Waals surface area (Å²) >= 11 is 0. The molecular formula is C22H22N6O2. The summed E-state index contributed by atoms with van der Waals surface area (Å²) in [6, 6.07) is 11.9. The first kappa shape index (κ1) is 18.4. The number of hydrogen-bond acceptors (Lipinski definition) is 6. The van der Waals surface area contributed by atoms with Crippen molar-refractivity contribution in [3.63, 3.8) is 0 Å². The summed E-state index contributed by atoms with van der Waals surface area (Å²) in [5, 5.41) is 15.0. The number of hydrogen-bond donors (Lipinski definition) is 1. The summed E-state index contributed by atoms with van der Waals surface area (Å²) in [5.41, 5.74) is 5.27. The molecule has 0 spiro atoms. The Morgan fingerprint density at radius 3 is 2.67 bits per heavy atom. The summed E-state index contributed by atoms with van der Waals surface area (Å²) in [6.07, 6.45) is 6.95. The van der Waals surface area contributed by atoms with Gasteiger partial charge in [0.1, 0.15) is 0 Å². The van der Waals surface area contributed by atoms with Crippen molar-refractivity contribution < 1.29 is 9.47 Å². The first-order chi connectivity index (χ1) is 14.7. The topological polar surface area (TPSA) is 81.6 Å². The molecule has 1 saturated heterocycles. The highest BCUT2D eigenvalue weighted by molar-refractivity contribution is 5.74. The number of nitrogens with zero attached hydrogens (tertiary/aromatic N) is 5. The lowest BCUT2D eigenvalue weighted by molar-refractivity contribution is -0.612. The van der Waals surface area contributed by atoms with Crippen molar-refractivity contribution in [2.45, 2.75) is 6.92 Å². The molecule has 30 heavy (non-hydrogen) atoms. The fourth-order valence-electron chi connectivity index (χ4n) is 3.70. The molecule has 1 aliphatic heterocycles. The number of rotatable bonds is 4. The van der Waals surface area contributed by atoms with Crippen molar-refractivity contribution in [3.05, 3.63) is 72.1 Å². The van der Waals surface area contributed by atoms with Crippen molar-refractivity contribution in [1.82, 2.24) is 14.4 Å². The summed E-state index contributed by atoms with van der Waals surface area (Å²) < 4.78 is 8.24. The van der Waals surface area contributed by atoms with E-state index in [0.717, 1.165) is 53.6 Å². The van der Waals surface area contributed by atoms with E-state index >= 15 is 0 Å². The lowest BCUT2D eigenvalue weighted by Crippen LogP contribution is -2.36. The monoisotopic (exact) mass is 402 g/mol. The highest BCUT2D eigenvalue weighted by Crippen LogP contribution is 2.26. The number of anilines is 3. The second-order valence-corrected chi connectivity index (χ2v) is 7.27. The maximum Gasteiger partial charge on any atom is 0.190 e. The zero-order chi connectivity index (χ0) is 20.5. The third-order valence-corrected chi connectivity index (χ3v) is 5.33. The van der Waals surface area contributed by atoms with Crippen LogP contribution in [0.4, 0.5) is 17.2 Å². The average Bonchev–Trinajstić information content (AvgIpc) is 3.28. The van der Waals surface area contributed by atoms with E-state index in [1.165, 1.54) is 11.9 Å². The first-order valence-electron chi connectivity index (χ1n) is 9.91. The van der Waals surface area contributed by atoms with Crippen LogP contribution >= 0.6 is 0 Å². The Hall–Kier alpha value is -3.65. The van der Waals surface area contributed by atoms with Gasteiger partial charge in [0.15, 0.2) is 23.4 Å². The van der Waals surface area contributed by atoms with Gasteiger partial charge >= 0.3 is 0 Å². The van der Waals surface area contributed by atoms with Crippen LogP contribution in [0.3, 0.4) is 0 Å². The second-order valence-electron chi connectivity index (χ2n) is 7.27. The van der Waals surface area contributed by atoms with Gasteiger partial charge in [-0.25, -0.2) is 9.97 Å². The first-order valence-corrected chi connectivity index (χ1v) is 9.91. The Morgan fingerprint density at radius 1 is 1.10 bits per heavy atom. The maximum atomic E-state index is 11.7. The number of nitrogens with one attached hydrogen (secondary N) is 1. The van der Waals surface area contributed by atoms with Gasteiger partial charge in [-0.15, -0.1) is 0 Å². The molecule has 0 radical (unpaired) electrons. The van der Waals surface area contributed by atoms with E-state index in [2.05, 4.69) is 32.3 Å². The largest absolute Gasteiger partial charge is 0.619 e. The SMILES string of the molecule is Cc1cc(-c2cnc(Nc3ccc(N4CCOCC4)cc3)c3nccn23)cc[n+]1[O-]. The maximum absolute atomic E-state index is 11.7. The highest BCUT2D eigenvalue weighted by atomic mass is 16.5. The number of aryl methyl sites for hydroxylation is 1. The van der Waals surface area contributed by atoms with Gasteiger partial charge in [0.25, 0.3) is 0 Å². The summed E-state index contributed by atoms with van der Waals surface area (Å²) in [6.45, 7) is 5.14.